The number of ether oxygens (including phenoxy) is 1. The topological polar surface area (TPSA) is 38.3 Å². The number of rotatable bonds is 6. The molecule has 2 aromatic carbocycles. The molecule has 116 valence electrons. The second kappa shape index (κ2) is 7.85. The summed E-state index contributed by atoms with van der Waals surface area (Å²) < 4.78 is 5.59. The number of carbonyl (C=O) groups excluding carboxylic acids is 1. The van der Waals surface area contributed by atoms with Gasteiger partial charge in [0.2, 0.25) is 0 Å². The van der Waals surface area contributed by atoms with E-state index in [2.05, 4.69) is 12.2 Å². The molecule has 0 saturated carbocycles. The average Bonchev–Trinajstić information content (AvgIpc) is 2.52. The molecule has 0 bridgehead atoms. The maximum Gasteiger partial charge on any atom is 0.255 e. The second-order valence-electron chi connectivity index (χ2n) is 5.14. The monoisotopic (exact) mass is 317 g/mol. The lowest BCUT2D eigenvalue weighted by Gasteiger charge is -2.10. The van der Waals surface area contributed by atoms with Gasteiger partial charge in [-0.1, -0.05) is 31.0 Å². The SMILES string of the molecule is CCCCOc1ccc(C(=O)Nc2cc(Cl)ccc2C)cc1. The van der Waals surface area contributed by atoms with E-state index in [0.717, 1.165) is 29.8 Å². The third kappa shape index (κ3) is 4.50. The molecule has 0 aliphatic carbocycles. The van der Waals surface area contributed by atoms with Crippen LogP contribution in [0.4, 0.5) is 5.69 Å². The summed E-state index contributed by atoms with van der Waals surface area (Å²) in [6, 6.07) is 12.6. The van der Waals surface area contributed by atoms with E-state index in [-0.39, 0.29) is 5.91 Å². The van der Waals surface area contributed by atoms with Crippen LogP contribution in [0.2, 0.25) is 5.02 Å². The largest absolute Gasteiger partial charge is 0.494 e. The predicted molar refractivity (Wildman–Crippen MR) is 91.0 cm³/mol. The number of carbonyl (C=O) groups is 1. The van der Waals surface area contributed by atoms with Crippen LogP contribution in [-0.2, 0) is 0 Å². The van der Waals surface area contributed by atoms with Crippen LogP contribution in [0.15, 0.2) is 42.5 Å². The Morgan fingerprint density at radius 3 is 2.59 bits per heavy atom. The minimum atomic E-state index is -0.162. The van der Waals surface area contributed by atoms with E-state index in [1.165, 1.54) is 0 Å². The van der Waals surface area contributed by atoms with Crippen molar-refractivity contribution in [1.82, 2.24) is 0 Å². The van der Waals surface area contributed by atoms with Gasteiger partial charge in [-0.05, 0) is 55.3 Å². The number of unbranched alkanes of at least 4 members (excludes halogenated alkanes) is 1. The Kier molecular flexibility index (Phi) is 5.84. The first-order valence-corrected chi connectivity index (χ1v) is 7.78. The summed E-state index contributed by atoms with van der Waals surface area (Å²) in [6.45, 7) is 4.75. The van der Waals surface area contributed by atoms with E-state index in [4.69, 9.17) is 16.3 Å². The van der Waals surface area contributed by atoms with Crippen LogP contribution in [0.1, 0.15) is 35.7 Å². The first-order valence-electron chi connectivity index (χ1n) is 7.40. The van der Waals surface area contributed by atoms with Gasteiger partial charge in [0.1, 0.15) is 5.75 Å². The van der Waals surface area contributed by atoms with Gasteiger partial charge in [-0.3, -0.25) is 4.79 Å². The summed E-state index contributed by atoms with van der Waals surface area (Å²) in [7, 11) is 0. The first kappa shape index (κ1) is 16.4. The van der Waals surface area contributed by atoms with Crippen LogP contribution in [0.3, 0.4) is 0 Å². The molecule has 0 heterocycles. The quantitative estimate of drug-likeness (QED) is 0.754. The number of aryl methyl sites for hydroxylation is 1. The summed E-state index contributed by atoms with van der Waals surface area (Å²) in [5.74, 6) is 0.620. The molecule has 0 radical (unpaired) electrons. The summed E-state index contributed by atoms with van der Waals surface area (Å²) in [5.41, 5.74) is 2.28. The Morgan fingerprint density at radius 2 is 1.91 bits per heavy atom. The van der Waals surface area contributed by atoms with Gasteiger partial charge in [-0.15, -0.1) is 0 Å². The standard InChI is InChI=1S/C18H20ClNO2/c1-3-4-11-22-16-9-6-14(7-10-16)18(21)20-17-12-15(19)8-5-13(17)2/h5-10,12H,3-4,11H2,1-2H3,(H,20,21). The van der Waals surface area contributed by atoms with Crippen molar-refractivity contribution in [2.75, 3.05) is 11.9 Å². The van der Waals surface area contributed by atoms with Crippen LogP contribution in [0.25, 0.3) is 0 Å². The smallest absolute Gasteiger partial charge is 0.255 e. The fourth-order valence-corrected chi connectivity index (χ4v) is 2.13. The molecule has 0 spiro atoms. The Hall–Kier alpha value is -2.00. The van der Waals surface area contributed by atoms with E-state index in [9.17, 15) is 4.79 Å². The number of nitrogens with one attached hydrogen (secondary N) is 1. The summed E-state index contributed by atoms with van der Waals surface area (Å²) in [5, 5.41) is 3.47. The van der Waals surface area contributed by atoms with E-state index >= 15 is 0 Å². The molecule has 0 unspecified atom stereocenters. The Morgan fingerprint density at radius 1 is 1.18 bits per heavy atom. The van der Waals surface area contributed by atoms with Crippen LogP contribution in [0.5, 0.6) is 5.75 Å². The number of benzene rings is 2. The molecular formula is C18H20ClNO2. The molecule has 4 heteroatoms. The highest BCUT2D eigenvalue weighted by Gasteiger charge is 2.08. The van der Waals surface area contributed by atoms with Crippen molar-refractivity contribution in [2.45, 2.75) is 26.7 Å². The highest BCUT2D eigenvalue weighted by atomic mass is 35.5. The van der Waals surface area contributed by atoms with Crippen LogP contribution < -0.4 is 10.1 Å². The number of hydrogen-bond donors (Lipinski definition) is 1. The van der Waals surface area contributed by atoms with E-state index in [1.807, 2.05) is 25.1 Å². The van der Waals surface area contributed by atoms with Crippen molar-refractivity contribution >= 4 is 23.2 Å². The van der Waals surface area contributed by atoms with Crippen molar-refractivity contribution in [2.24, 2.45) is 0 Å². The zero-order valence-electron chi connectivity index (χ0n) is 12.9. The maximum atomic E-state index is 12.3. The summed E-state index contributed by atoms with van der Waals surface area (Å²) in [4.78, 5) is 12.3. The third-order valence-corrected chi connectivity index (χ3v) is 3.57. The lowest BCUT2D eigenvalue weighted by molar-refractivity contribution is 0.102. The highest BCUT2D eigenvalue weighted by molar-refractivity contribution is 6.31. The molecule has 0 atom stereocenters. The molecular weight excluding hydrogens is 298 g/mol. The van der Waals surface area contributed by atoms with Crippen molar-refractivity contribution < 1.29 is 9.53 Å². The second-order valence-corrected chi connectivity index (χ2v) is 5.58. The van der Waals surface area contributed by atoms with Crippen LogP contribution in [0, 0.1) is 6.92 Å². The molecule has 0 fully saturated rings. The van der Waals surface area contributed by atoms with Gasteiger partial charge in [-0.25, -0.2) is 0 Å². The number of amides is 1. The van der Waals surface area contributed by atoms with Crippen molar-refractivity contribution in [3.8, 4) is 5.75 Å². The molecule has 1 N–H and O–H groups in total. The molecule has 0 aliphatic rings. The lowest BCUT2D eigenvalue weighted by Crippen LogP contribution is -2.12. The minimum Gasteiger partial charge on any atom is -0.494 e. The number of anilines is 1. The zero-order chi connectivity index (χ0) is 15.9. The van der Waals surface area contributed by atoms with Gasteiger partial charge in [0, 0.05) is 16.3 Å². The van der Waals surface area contributed by atoms with Gasteiger partial charge in [-0.2, -0.15) is 0 Å². The molecule has 3 nitrogen and oxygen atoms in total. The minimum absolute atomic E-state index is 0.162. The summed E-state index contributed by atoms with van der Waals surface area (Å²) >= 11 is 5.96. The maximum absolute atomic E-state index is 12.3. The molecule has 2 aromatic rings. The van der Waals surface area contributed by atoms with Gasteiger partial charge in [0.05, 0.1) is 6.61 Å². The van der Waals surface area contributed by atoms with E-state index in [1.54, 1.807) is 24.3 Å². The van der Waals surface area contributed by atoms with E-state index < -0.39 is 0 Å². The fraction of sp³-hybridized carbons (Fsp3) is 0.278. The molecule has 22 heavy (non-hydrogen) atoms. The van der Waals surface area contributed by atoms with Gasteiger partial charge >= 0.3 is 0 Å². The summed E-state index contributed by atoms with van der Waals surface area (Å²) in [6.07, 6.45) is 2.12. The normalized spacial score (nSPS) is 10.3. The Balaban J connectivity index is 2.02. The van der Waals surface area contributed by atoms with Crippen LogP contribution in [-0.4, -0.2) is 12.5 Å². The number of hydrogen-bond acceptors (Lipinski definition) is 2. The van der Waals surface area contributed by atoms with Crippen molar-refractivity contribution in [3.05, 3.63) is 58.6 Å². The lowest BCUT2D eigenvalue weighted by atomic mass is 10.1. The molecule has 0 aromatic heterocycles. The van der Waals surface area contributed by atoms with Crippen molar-refractivity contribution in [3.63, 3.8) is 0 Å². The predicted octanol–water partition coefficient (Wildman–Crippen LogP) is 5.08. The van der Waals surface area contributed by atoms with Gasteiger partial charge in [0.25, 0.3) is 5.91 Å². The fourth-order valence-electron chi connectivity index (χ4n) is 1.96. The Bertz CT molecular complexity index is 638. The van der Waals surface area contributed by atoms with Gasteiger partial charge < -0.3 is 10.1 Å². The molecule has 0 saturated heterocycles. The molecule has 0 aliphatic heterocycles. The van der Waals surface area contributed by atoms with Crippen LogP contribution >= 0.6 is 11.6 Å². The average molecular weight is 318 g/mol. The third-order valence-electron chi connectivity index (χ3n) is 3.33. The molecule has 1 amide bonds. The van der Waals surface area contributed by atoms with Gasteiger partial charge in [0.15, 0.2) is 0 Å². The number of halogens is 1. The zero-order valence-corrected chi connectivity index (χ0v) is 13.6. The Labute approximate surface area is 136 Å². The highest BCUT2D eigenvalue weighted by Crippen LogP contribution is 2.21. The molecule has 2 rings (SSSR count). The van der Waals surface area contributed by atoms with Crippen molar-refractivity contribution in [1.29, 1.82) is 0 Å². The van der Waals surface area contributed by atoms with E-state index in [0.29, 0.717) is 17.2 Å². The first-order chi connectivity index (χ1) is 10.6.